The molecule has 2 amide bonds. The van der Waals surface area contributed by atoms with Crippen molar-refractivity contribution >= 4 is 34.4 Å². The van der Waals surface area contributed by atoms with Crippen LogP contribution in [0.1, 0.15) is 16.8 Å². The lowest BCUT2D eigenvalue weighted by atomic mass is 10.1. The summed E-state index contributed by atoms with van der Waals surface area (Å²) in [5.74, 6) is 0.534. The SMILES string of the molecule is C=CC(=O)Nc1ccc(C(=O)N2CC[C@@H](Nc3ncc4ccccc4n3)C2)cc1OC. The summed E-state index contributed by atoms with van der Waals surface area (Å²) in [5, 5.41) is 6.98. The van der Waals surface area contributed by atoms with Gasteiger partial charge in [0.05, 0.1) is 18.3 Å². The number of benzene rings is 2. The molecule has 1 aromatic heterocycles. The number of amides is 2. The van der Waals surface area contributed by atoms with Crippen molar-refractivity contribution in [1.82, 2.24) is 14.9 Å². The number of carbonyl (C=O) groups excluding carboxylic acids is 2. The maximum absolute atomic E-state index is 13.0. The summed E-state index contributed by atoms with van der Waals surface area (Å²) in [6.07, 6.45) is 3.77. The van der Waals surface area contributed by atoms with E-state index in [0.717, 1.165) is 17.3 Å². The van der Waals surface area contributed by atoms with Gasteiger partial charge in [0.25, 0.3) is 5.91 Å². The number of likely N-dealkylation sites (tertiary alicyclic amines) is 1. The van der Waals surface area contributed by atoms with Gasteiger partial charge < -0.3 is 20.3 Å². The summed E-state index contributed by atoms with van der Waals surface area (Å²) in [7, 11) is 1.49. The molecule has 1 aliphatic heterocycles. The van der Waals surface area contributed by atoms with Gasteiger partial charge in [-0.25, -0.2) is 9.97 Å². The standard InChI is InChI=1S/C23H23N5O3/c1-3-21(29)26-19-9-8-15(12-20(19)31-2)22(30)28-11-10-17(14-28)25-23-24-13-16-6-4-5-7-18(16)27-23/h3-9,12-13,17H,1,10-11,14H2,2H3,(H,26,29)(H,24,25,27)/t17-/m1/s1. The van der Waals surface area contributed by atoms with Crippen LogP contribution in [0.3, 0.4) is 0 Å². The number of para-hydroxylation sites is 1. The van der Waals surface area contributed by atoms with Crippen molar-refractivity contribution in [3.05, 3.63) is 66.9 Å². The van der Waals surface area contributed by atoms with Gasteiger partial charge in [0, 0.05) is 36.3 Å². The first-order chi connectivity index (χ1) is 15.1. The van der Waals surface area contributed by atoms with Crippen LogP contribution in [-0.4, -0.2) is 52.9 Å². The van der Waals surface area contributed by atoms with E-state index in [1.165, 1.54) is 13.2 Å². The molecule has 4 rings (SSSR count). The molecule has 1 fully saturated rings. The van der Waals surface area contributed by atoms with Crippen LogP contribution in [0.25, 0.3) is 10.9 Å². The van der Waals surface area contributed by atoms with E-state index >= 15 is 0 Å². The molecule has 31 heavy (non-hydrogen) atoms. The quantitative estimate of drug-likeness (QED) is 0.599. The van der Waals surface area contributed by atoms with Crippen LogP contribution in [0.5, 0.6) is 5.75 Å². The van der Waals surface area contributed by atoms with Crippen molar-refractivity contribution in [1.29, 1.82) is 0 Å². The van der Waals surface area contributed by atoms with Crippen LogP contribution in [0.4, 0.5) is 11.6 Å². The number of methoxy groups -OCH3 is 1. The minimum absolute atomic E-state index is 0.0677. The summed E-state index contributed by atoms with van der Waals surface area (Å²) in [6.45, 7) is 4.61. The fraction of sp³-hybridized carbons (Fsp3) is 0.217. The van der Waals surface area contributed by atoms with E-state index < -0.39 is 0 Å². The second-order valence-corrected chi connectivity index (χ2v) is 7.24. The summed E-state index contributed by atoms with van der Waals surface area (Å²) in [4.78, 5) is 35.3. The second kappa shape index (κ2) is 8.83. The van der Waals surface area contributed by atoms with E-state index in [9.17, 15) is 9.59 Å². The molecule has 0 spiro atoms. The molecule has 158 valence electrons. The number of hydrogen-bond donors (Lipinski definition) is 2. The molecule has 0 radical (unpaired) electrons. The fourth-order valence-corrected chi connectivity index (χ4v) is 3.58. The van der Waals surface area contributed by atoms with E-state index in [1.54, 1.807) is 29.3 Å². The Bertz CT molecular complexity index is 1150. The highest BCUT2D eigenvalue weighted by atomic mass is 16.5. The third-order valence-electron chi connectivity index (χ3n) is 5.19. The smallest absolute Gasteiger partial charge is 0.254 e. The van der Waals surface area contributed by atoms with Crippen LogP contribution in [0.2, 0.25) is 0 Å². The molecule has 1 atom stereocenters. The average molecular weight is 417 g/mol. The predicted molar refractivity (Wildman–Crippen MR) is 119 cm³/mol. The Hall–Kier alpha value is -3.94. The van der Waals surface area contributed by atoms with Crippen molar-refractivity contribution in [3.63, 3.8) is 0 Å². The summed E-state index contributed by atoms with van der Waals surface area (Å²) < 4.78 is 5.33. The van der Waals surface area contributed by atoms with E-state index in [4.69, 9.17) is 4.74 Å². The number of nitrogens with one attached hydrogen (secondary N) is 2. The molecule has 2 N–H and O–H groups in total. The van der Waals surface area contributed by atoms with E-state index in [1.807, 2.05) is 24.3 Å². The normalized spacial score (nSPS) is 15.5. The van der Waals surface area contributed by atoms with Crippen molar-refractivity contribution in [3.8, 4) is 5.75 Å². The molecule has 0 aliphatic carbocycles. The van der Waals surface area contributed by atoms with Gasteiger partial charge in [-0.3, -0.25) is 9.59 Å². The van der Waals surface area contributed by atoms with Gasteiger partial charge >= 0.3 is 0 Å². The number of nitrogens with zero attached hydrogens (tertiary/aromatic N) is 3. The number of rotatable bonds is 6. The topological polar surface area (TPSA) is 96.5 Å². The molecule has 2 heterocycles. The molecular formula is C23H23N5O3. The zero-order valence-corrected chi connectivity index (χ0v) is 17.2. The highest BCUT2D eigenvalue weighted by Gasteiger charge is 2.28. The number of fused-ring (bicyclic) bond motifs is 1. The minimum atomic E-state index is -0.346. The van der Waals surface area contributed by atoms with Gasteiger partial charge in [-0.1, -0.05) is 24.8 Å². The van der Waals surface area contributed by atoms with Gasteiger partial charge in [-0.15, -0.1) is 0 Å². The van der Waals surface area contributed by atoms with Crippen molar-refractivity contribution in [2.45, 2.75) is 12.5 Å². The van der Waals surface area contributed by atoms with Crippen LogP contribution in [-0.2, 0) is 4.79 Å². The first kappa shape index (κ1) is 20.3. The lowest BCUT2D eigenvalue weighted by Gasteiger charge is -2.18. The molecule has 8 heteroatoms. The Morgan fingerprint density at radius 3 is 2.90 bits per heavy atom. The third-order valence-corrected chi connectivity index (χ3v) is 5.19. The van der Waals surface area contributed by atoms with E-state index in [-0.39, 0.29) is 17.9 Å². The number of aromatic nitrogens is 2. The van der Waals surface area contributed by atoms with Crippen LogP contribution >= 0.6 is 0 Å². The highest BCUT2D eigenvalue weighted by molar-refractivity contribution is 6.01. The molecular weight excluding hydrogens is 394 g/mol. The molecule has 0 saturated carbocycles. The third kappa shape index (κ3) is 4.48. The number of hydrogen-bond acceptors (Lipinski definition) is 6. The zero-order valence-electron chi connectivity index (χ0n) is 17.2. The largest absolute Gasteiger partial charge is 0.495 e. The van der Waals surface area contributed by atoms with E-state index in [2.05, 4.69) is 27.2 Å². The number of carbonyl (C=O) groups is 2. The highest BCUT2D eigenvalue weighted by Crippen LogP contribution is 2.27. The first-order valence-electron chi connectivity index (χ1n) is 9.96. The minimum Gasteiger partial charge on any atom is -0.495 e. The predicted octanol–water partition coefficient (Wildman–Crippen LogP) is 3.09. The van der Waals surface area contributed by atoms with Gasteiger partial charge in [0.1, 0.15) is 5.75 Å². The fourth-order valence-electron chi connectivity index (χ4n) is 3.58. The van der Waals surface area contributed by atoms with Crippen molar-refractivity contribution in [2.24, 2.45) is 0 Å². The lowest BCUT2D eigenvalue weighted by molar-refractivity contribution is -0.111. The van der Waals surface area contributed by atoms with E-state index in [0.29, 0.717) is 36.0 Å². The maximum atomic E-state index is 13.0. The Kier molecular flexibility index (Phi) is 5.79. The summed E-state index contributed by atoms with van der Waals surface area (Å²) in [6, 6.07) is 12.8. The second-order valence-electron chi connectivity index (χ2n) is 7.24. The van der Waals surface area contributed by atoms with Crippen molar-refractivity contribution in [2.75, 3.05) is 30.8 Å². The monoisotopic (exact) mass is 417 g/mol. The number of ether oxygens (including phenoxy) is 1. The zero-order chi connectivity index (χ0) is 21.8. The molecule has 1 aliphatic rings. The Labute approximate surface area is 179 Å². The average Bonchev–Trinajstić information content (AvgIpc) is 3.27. The molecule has 1 saturated heterocycles. The maximum Gasteiger partial charge on any atom is 0.254 e. The Morgan fingerprint density at radius 1 is 1.26 bits per heavy atom. The molecule has 2 aromatic carbocycles. The lowest BCUT2D eigenvalue weighted by Crippen LogP contribution is -2.31. The first-order valence-corrected chi connectivity index (χ1v) is 9.96. The van der Waals surface area contributed by atoms with Crippen LogP contribution in [0, 0.1) is 0 Å². The Balaban J connectivity index is 1.43. The van der Waals surface area contributed by atoms with Gasteiger partial charge in [0.15, 0.2) is 0 Å². The number of anilines is 2. The summed E-state index contributed by atoms with van der Waals surface area (Å²) >= 11 is 0. The van der Waals surface area contributed by atoms with Gasteiger partial charge in [-0.05, 0) is 36.8 Å². The van der Waals surface area contributed by atoms with Crippen LogP contribution in [0.15, 0.2) is 61.3 Å². The van der Waals surface area contributed by atoms with Gasteiger partial charge in [0.2, 0.25) is 11.9 Å². The Morgan fingerprint density at radius 2 is 2.10 bits per heavy atom. The molecule has 0 unspecified atom stereocenters. The van der Waals surface area contributed by atoms with Crippen molar-refractivity contribution < 1.29 is 14.3 Å². The molecule has 3 aromatic rings. The van der Waals surface area contributed by atoms with Crippen LogP contribution < -0.4 is 15.4 Å². The van der Waals surface area contributed by atoms with Gasteiger partial charge in [-0.2, -0.15) is 0 Å². The molecule has 0 bridgehead atoms. The molecule has 8 nitrogen and oxygen atoms in total. The summed E-state index contributed by atoms with van der Waals surface area (Å²) in [5.41, 5.74) is 1.86.